The molecule has 3 aromatic rings. The summed E-state index contributed by atoms with van der Waals surface area (Å²) < 4.78 is 0. The molecule has 106 valence electrons. The molecule has 1 atom stereocenters. The Morgan fingerprint density at radius 1 is 1.09 bits per heavy atom. The van der Waals surface area contributed by atoms with E-state index in [1.165, 1.54) is 38.3 Å². The minimum absolute atomic E-state index is 0.397. The fraction of sp³-hybridized carbons (Fsp3) is 0.158. The Morgan fingerprint density at radius 3 is 3.00 bits per heavy atom. The zero-order valence-electron chi connectivity index (χ0n) is 12.2. The summed E-state index contributed by atoms with van der Waals surface area (Å²) in [5.41, 5.74) is 9.32. The van der Waals surface area contributed by atoms with Gasteiger partial charge in [0.2, 0.25) is 0 Å². The van der Waals surface area contributed by atoms with Gasteiger partial charge >= 0.3 is 0 Å². The van der Waals surface area contributed by atoms with Crippen LogP contribution in [0.1, 0.15) is 29.5 Å². The molecule has 2 aliphatic rings. The van der Waals surface area contributed by atoms with Gasteiger partial charge in [0.25, 0.3) is 0 Å². The molecule has 0 bridgehead atoms. The Labute approximate surface area is 133 Å². The molecule has 0 fully saturated rings. The van der Waals surface area contributed by atoms with Crippen LogP contribution in [-0.2, 0) is 5.75 Å². The smallest absolute Gasteiger partial charge is 0.0743 e. The molecule has 0 N–H and O–H groups in total. The Balaban J connectivity index is 1.87. The second-order valence-electron chi connectivity index (χ2n) is 5.88. The molecular formula is C19H14N2S. The average Bonchev–Trinajstić information content (AvgIpc) is 2.88. The number of fused-ring (bicyclic) bond motifs is 7. The van der Waals surface area contributed by atoms with Crippen molar-refractivity contribution in [1.82, 2.24) is 9.97 Å². The van der Waals surface area contributed by atoms with Gasteiger partial charge in [0, 0.05) is 46.3 Å². The van der Waals surface area contributed by atoms with Crippen LogP contribution in [0.15, 0.2) is 53.8 Å². The summed E-state index contributed by atoms with van der Waals surface area (Å²) >= 11 is 1.92. The number of thioether (sulfide) groups is 1. The van der Waals surface area contributed by atoms with Gasteiger partial charge in [-0.1, -0.05) is 19.1 Å². The van der Waals surface area contributed by atoms with Gasteiger partial charge < -0.3 is 0 Å². The maximum Gasteiger partial charge on any atom is 0.0743 e. The minimum Gasteiger partial charge on any atom is -0.264 e. The lowest BCUT2D eigenvalue weighted by Gasteiger charge is -2.23. The van der Waals surface area contributed by atoms with Gasteiger partial charge in [-0.3, -0.25) is 9.97 Å². The van der Waals surface area contributed by atoms with Crippen molar-refractivity contribution in [3.63, 3.8) is 0 Å². The zero-order valence-corrected chi connectivity index (χ0v) is 13.0. The Hall–Kier alpha value is -2.13. The highest BCUT2D eigenvalue weighted by Gasteiger charge is 2.32. The third-order valence-corrected chi connectivity index (χ3v) is 5.86. The van der Waals surface area contributed by atoms with E-state index in [0.717, 1.165) is 11.4 Å². The molecule has 5 rings (SSSR count). The van der Waals surface area contributed by atoms with Crippen LogP contribution in [0.5, 0.6) is 0 Å². The lowest BCUT2D eigenvalue weighted by Crippen LogP contribution is -2.02. The third-order valence-electron chi connectivity index (χ3n) is 4.76. The minimum atomic E-state index is 0.397. The maximum atomic E-state index is 4.64. The van der Waals surface area contributed by atoms with Gasteiger partial charge in [0.1, 0.15) is 0 Å². The first-order chi connectivity index (χ1) is 10.8. The molecule has 1 aliphatic heterocycles. The highest BCUT2D eigenvalue weighted by Crippen LogP contribution is 2.53. The summed E-state index contributed by atoms with van der Waals surface area (Å²) in [5.74, 6) is 1.41. The molecule has 0 amide bonds. The standard InChI is InChI=1S/C19H14N2S/c1-11-13-3-2-7-21-19(13)15-4-5-16-18(17(11)15)14-6-8-20-9-12(14)10-22-16/h2-9,11H,10H2,1H3. The van der Waals surface area contributed by atoms with Crippen LogP contribution in [0.2, 0.25) is 0 Å². The van der Waals surface area contributed by atoms with E-state index in [1.54, 1.807) is 0 Å². The number of benzene rings is 1. The molecule has 1 unspecified atom stereocenters. The van der Waals surface area contributed by atoms with Crippen molar-refractivity contribution in [1.29, 1.82) is 0 Å². The Morgan fingerprint density at radius 2 is 2.05 bits per heavy atom. The highest BCUT2D eigenvalue weighted by atomic mass is 32.2. The molecule has 0 spiro atoms. The van der Waals surface area contributed by atoms with Crippen molar-refractivity contribution >= 4 is 11.8 Å². The summed E-state index contributed by atoms with van der Waals surface area (Å²) in [6.07, 6.45) is 5.81. The van der Waals surface area contributed by atoms with Crippen molar-refractivity contribution in [3.8, 4) is 22.4 Å². The Bertz CT molecular complexity index is 917. The predicted molar refractivity (Wildman–Crippen MR) is 90.0 cm³/mol. The fourth-order valence-electron chi connectivity index (χ4n) is 3.74. The average molecular weight is 302 g/mol. The number of rotatable bonds is 0. The number of hydrogen-bond acceptors (Lipinski definition) is 3. The molecule has 0 saturated carbocycles. The van der Waals surface area contributed by atoms with Crippen LogP contribution in [-0.4, -0.2) is 9.97 Å². The van der Waals surface area contributed by atoms with Crippen LogP contribution >= 0.6 is 11.8 Å². The van der Waals surface area contributed by atoms with Crippen LogP contribution in [0.4, 0.5) is 0 Å². The fourth-order valence-corrected chi connectivity index (χ4v) is 4.81. The quantitative estimate of drug-likeness (QED) is 0.592. The first kappa shape index (κ1) is 12.4. The summed E-state index contributed by atoms with van der Waals surface area (Å²) in [6.45, 7) is 2.30. The normalized spacial score (nSPS) is 17.4. The summed E-state index contributed by atoms with van der Waals surface area (Å²) in [4.78, 5) is 10.3. The van der Waals surface area contributed by atoms with Crippen LogP contribution < -0.4 is 0 Å². The van der Waals surface area contributed by atoms with Gasteiger partial charge in [-0.2, -0.15) is 0 Å². The van der Waals surface area contributed by atoms with Crippen molar-refractivity contribution in [2.45, 2.75) is 23.5 Å². The lowest BCUT2D eigenvalue weighted by atomic mass is 9.89. The van der Waals surface area contributed by atoms with Crippen molar-refractivity contribution < 1.29 is 0 Å². The van der Waals surface area contributed by atoms with E-state index < -0.39 is 0 Å². The molecule has 1 aliphatic carbocycles. The Kier molecular flexibility index (Phi) is 2.50. The molecular weight excluding hydrogens is 288 g/mol. The van der Waals surface area contributed by atoms with E-state index in [2.05, 4.69) is 41.2 Å². The first-order valence-electron chi connectivity index (χ1n) is 7.53. The monoisotopic (exact) mass is 302 g/mol. The number of aromatic nitrogens is 2. The number of hydrogen-bond donors (Lipinski definition) is 0. The van der Waals surface area contributed by atoms with E-state index in [-0.39, 0.29) is 0 Å². The summed E-state index contributed by atoms with van der Waals surface area (Å²) in [6, 6.07) is 10.9. The van der Waals surface area contributed by atoms with E-state index in [4.69, 9.17) is 0 Å². The molecule has 2 aromatic heterocycles. The van der Waals surface area contributed by atoms with Gasteiger partial charge in [0.15, 0.2) is 0 Å². The topological polar surface area (TPSA) is 25.8 Å². The van der Waals surface area contributed by atoms with Crippen molar-refractivity contribution in [3.05, 3.63) is 65.6 Å². The van der Waals surface area contributed by atoms with E-state index >= 15 is 0 Å². The lowest BCUT2D eigenvalue weighted by molar-refractivity contribution is 0.948. The SMILES string of the molecule is CC1c2cccnc2-c2ccc3c(c21)-c1ccncc1CS3. The molecule has 0 radical (unpaired) electrons. The largest absolute Gasteiger partial charge is 0.264 e. The van der Waals surface area contributed by atoms with E-state index in [9.17, 15) is 0 Å². The van der Waals surface area contributed by atoms with E-state index in [1.807, 2.05) is 36.4 Å². The second kappa shape index (κ2) is 4.43. The van der Waals surface area contributed by atoms with Gasteiger partial charge in [0.05, 0.1) is 5.69 Å². The summed E-state index contributed by atoms with van der Waals surface area (Å²) in [5, 5.41) is 0. The highest BCUT2D eigenvalue weighted by molar-refractivity contribution is 7.98. The molecule has 2 nitrogen and oxygen atoms in total. The van der Waals surface area contributed by atoms with Crippen molar-refractivity contribution in [2.24, 2.45) is 0 Å². The molecule has 1 aromatic carbocycles. The molecule has 3 heteroatoms. The first-order valence-corrected chi connectivity index (χ1v) is 8.51. The summed E-state index contributed by atoms with van der Waals surface area (Å²) in [7, 11) is 0. The third kappa shape index (κ3) is 1.52. The van der Waals surface area contributed by atoms with Crippen molar-refractivity contribution in [2.75, 3.05) is 0 Å². The zero-order chi connectivity index (χ0) is 14.7. The molecule has 3 heterocycles. The maximum absolute atomic E-state index is 4.64. The van der Waals surface area contributed by atoms with Crippen LogP contribution in [0.3, 0.4) is 0 Å². The predicted octanol–water partition coefficient (Wildman–Crippen LogP) is 4.88. The molecule has 0 saturated heterocycles. The second-order valence-corrected chi connectivity index (χ2v) is 6.90. The van der Waals surface area contributed by atoms with Crippen LogP contribution in [0, 0.1) is 0 Å². The van der Waals surface area contributed by atoms with Crippen LogP contribution in [0.25, 0.3) is 22.4 Å². The van der Waals surface area contributed by atoms with Gasteiger partial charge in [-0.05, 0) is 40.5 Å². The number of pyridine rings is 2. The number of nitrogens with zero attached hydrogens (tertiary/aromatic N) is 2. The molecule has 22 heavy (non-hydrogen) atoms. The van der Waals surface area contributed by atoms with E-state index in [0.29, 0.717) is 5.92 Å². The van der Waals surface area contributed by atoms with Gasteiger partial charge in [-0.15, -0.1) is 11.8 Å². The van der Waals surface area contributed by atoms with Gasteiger partial charge in [-0.25, -0.2) is 0 Å².